The maximum Gasteiger partial charge on any atom is 0.230 e. The number of anilines is 2. The topological polar surface area (TPSA) is 90.0 Å². The van der Waals surface area contributed by atoms with Crippen LogP contribution in [-0.4, -0.2) is 41.1 Å². The fraction of sp³-hybridized carbons (Fsp3) is 0.273. The van der Waals surface area contributed by atoms with E-state index in [-0.39, 0.29) is 5.95 Å². The molecular weight excluding hydrogens is 232 g/mol. The first-order chi connectivity index (χ1) is 8.60. The summed E-state index contributed by atoms with van der Waals surface area (Å²) in [5, 5.41) is 0. The summed E-state index contributed by atoms with van der Waals surface area (Å²) in [6, 6.07) is 3.56. The zero-order chi connectivity index (χ0) is 13.1. The molecule has 0 saturated carbocycles. The second-order valence-electron chi connectivity index (χ2n) is 3.80. The van der Waals surface area contributed by atoms with Crippen molar-refractivity contribution in [1.82, 2.24) is 19.9 Å². The van der Waals surface area contributed by atoms with E-state index in [0.29, 0.717) is 17.7 Å². The van der Waals surface area contributed by atoms with Crippen molar-refractivity contribution in [3.63, 3.8) is 0 Å². The van der Waals surface area contributed by atoms with E-state index in [2.05, 4.69) is 19.9 Å². The van der Waals surface area contributed by atoms with Crippen LogP contribution in [0.4, 0.5) is 11.9 Å². The van der Waals surface area contributed by atoms with Gasteiger partial charge in [-0.3, -0.25) is 0 Å². The van der Waals surface area contributed by atoms with Gasteiger partial charge in [-0.1, -0.05) is 0 Å². The molecule has 0 aromatic carbocycles. The van der Waals surface area contributed by atoms with E-state index in [1.54, 1.807) is 24.3 Å². The van der Waals surface area contributed by atoms with Gasteiger partial charge in [-0.2, -0.15) is 15.0 Å². The third-order valence-corrected chi connectivity index (χ3v) is 2.24. The van der Waals surface area contributed by atoms with Gasteiger partial charge < -0.3 is 15.4 Å². The number of hydrogen-bond acceptors (Lipinski definition) is 7. The number of methoxy groups -OCH3 is 1. The number of aromatic nitrogens is 4. The Hall–Kier alpha value is -2.44. The number of ether oxygens (including phenoxy) is 1. The SMILES string of the molecule is COc1ccc(-c2nc(N)nc(N(C)C)n2)cn1. The molecule has 7 heteroatoms. The maximum atomic E-state index is 5.66. The Morgan fingerprint density at radius 2 is 1.94 bits per heavy atom. The van der Waals surface area contributed by atoms with Crippen LogP contribution in [0.1, 0.15) is 0 Å². The van der Waals surface area contributed by atoms with Crippen LogP contribution in [0.5, 0.6) is 5.88 Å². The highest BCUT2D eigenvalue weighted by atomic mass is 16.5. The molecule has 0 spiro atoms. The van der Waals surface area contributed by atoms with Gasteiger partial charge >= 0.3 is 0 Å². The summed E-state index contributed by atoms with van der Waals surface area (Å²) >= 11 is 0. The van der Waals surface area contributed by atoms with E-state index in [1.807, 2.05) is 20.2 Å². The summed E-state index contributed by atoms with van der Waals surface area (Å²) in [4.78, 5) is 18.3. The first-order valence-corrected chi connectivity index (χ1v) is 5.29. The first kappa shape index (κ1) is 12.0. The second-order valence-corrected chi connectivity index (χ2v) is 3.80. The van der Waals surface area contributed by atoms with E-state index < -0.39 is 0 Å². The minimum Gasteiger partial charge on any atom is -0.481 e. The van der Waals surface area contributed by atoms with Crippen molar-refractivity contribution >= 4 is 11.9 Å². The Morgan fingerprint density at radius 1 is 1.17 bits per heavy atom. The molecule has 2 N–H and O–H groups in total. The molecule has 0 aliphatic rings. The van der Waals surface area contributed by atoms with Gasteiger partial charge in [0.25, 0.3) is 0 Å². The van der Waals surface area contributed by atoms with Gasteiger partial charge in [-0.05, 0) is 6.07 Å². The molecule has 0 fully saturated rings. The maximum absolute atomic E-state index is 5.66. The predicted octanol–water partition coefficient (Wildman–Crippen LogP) is 0.590. The highest BCUT2D eigenvalue weighted by Gasteiger charge is 2.08. The molecule has 0 atom stereocenters. The van der Waals surface area contributed by atoms with Gasteiger partial charge in [0.05, 0.1) is 7.11 Å². The summed E-state index contributed by atoms with van der Waals surface area (Å²) in [6.45, 7) is 0. The van der Waals surface area contributed by atoms with Crippen LogP contribution in [0.2, 0.25) is 0 Å². The summed E-state index contributed by atoms with van der Waals surface area (Å²) in [6.07, 6.45) is 1.63. The third kappa shape index (κ3) is 2.45. The second kappa shape index (κ2) is 4.82. The van der Waals surface area contributed by atoms with E-state index in [4.69, 9.17) is 10.5 Å². The lowest BCUT2D eigenvalue weighted by Crippen LogP contribution is -2.15. The molecule has 2 heterocycles. The standard InChI is InChI=1S/C11H14N6O/c1-17(2)11-15-9(14-10(12)16-11)7-4-5-8(18-3)13-6-7/h4-6H,1-3H3,(H2,12,14,15,16). The minimum atomic E-state index is 0.180. The van der Waals surface area contributed by atoms with E-state index in [0.717, 1.165) is 5.56 Å². The Kier molecular flexibility index (Phi) is 3.22. The molecule has 94 valence electrons. The molecule has 0 aliphatic carbocycles. The largest absolute Gasteiger partial charge is 0.481 e. The lowest BCUT2D eigenvalue weighted by Gasteiger charge is -2.11. The van der Waals surface area contributed by atoms with Crippen molar-refractivity contribution in [2.24, 2.45) is 0 Å². The average molecular weight is 246 g/mol. The van der Waals surface area contributed by atoms with Gasteiger partial charge in [-0.15, -0.1) is 0 Å². The summed E-state index contributed by atoms with van der Waals surface area (Å²) in [5.41, 5.74) is 6.41. The fourth-order valence-electron chi connectivity index (χ4n) is 1.34. The Morgan fingerprint density at radius 3 is 2.50 bits per heavy atom. The Bertz CT molecular complexity index is 540. The highest BCUT2D eigenvalue weighted by Crippen LogP contribution is 2.18. The van der Waals surface area contributed by atoms with Crippen molar-refractivity contribution in [1.29, 1.82) is 0 Å². The molecule has 0 saturated heterocycles. The molecule has 0 aliphatic heterocycles. The van der Waals surface area contributed by atoms with Crippen molar-refractivity contribution in [3.8, 4) is 17.3 Å². The number of nitrogen functional groups attached to an aromatic ring is 1. The molecule has 0 bridgehead atoms. The molecule has 0 radical (unpaired) electrons. The highest BCUT2D eigenvalue weighted by molar-refractivity contribution is 5.57. The molecule has 2 aromatic heterocycles. The third-order valence-electron chi connectivity index (χ3n) is 2.24. The Balaban J connectivity index is 2.42. The number of nitrogens with zero attached hydrogens (tertiary/aromatic N) is 5. The van der Waals surface area contributed by atoms with Gasteiger partial charge in [-0.25, -0.2) is 4.98 Å². The van der Waals surface area contributed by atoms with E-state index in [1.165, 1.54) is 0 Å². The van der Waals surface area contributed by atoms with Gasteiger partial charge in [0.2, 0.25) is 17.8 Å². The summed E-state index contributed by atoms with van der Waals surface area (Å²) in [7, 11) is 5.24. The zero-order valence-electron chi connectivity index (χ0n) is 10.5. The van der Waals surface area contributed by atoms with Crippen LogP contribution in [0.3, 0.4) is 0 Å². The van der Waals surface area contributed by atoms with Gasteiger partial charge in [0, 0.05) is 31.9 Å². The van der Waals surface area contributed by atoms with Crippen LogP contribution in [-0.2, 0) is 0 Å². The monoisotopic (exact) mass is 246 g/mol. The lowest BCUT2D eigenvalue weighted by atomic mass is 10.3. The van der Waals surface area contributed by atoms with E-state index >= 15 is 0 Å². The minimum absolute atomic E-state index is 0.180. The quantitative estimate of drug-likeness (QED) is 0.847. The summed E-state index contributed by atoms with van der Waals surface area (Å²) in [5.74, 6) is 1.71. The van der Waals surface area contributed by atoms with Gasteiger partial charge in [0.1, 0.15) is 0 Å². The predicted molar refractivity (Wildman–Crippen MR) is 68.3 cm³/mol. The normalized spacial score (nSPS) is 10.2. The van der Waals surface area contributed by atoms with Crippen molar-refractivity contribution in [2.45, 2.75) is 0 Å². The zero-order valence-corrected chi connectivity index (χ0v) is 10.5. The van der Waals surface area contributed by atoms with Crippen LogP contribution in [0.15, 0.2) is 18.3 Å². The van der Waals surface area contributed by atoms with Crippen LogP contribution < -0.4 is 15.4 Å². The van der Waals surface area contributed by atoms with Crippen LogP contribution in [0, 0.1) is 0 Å². The molecular formula is C11H14N6O. The van der Waals surface area contributed by atoms with Crippen LogP contribution in [0.25, 0.3) is 11.4 Å². The molecule has 18 heavy (non-hydrogen) atoms. The van der Waals surface area contributed by atoms with Gasteiger partial charge in [0.15, 0.2) is 5.82 Å². The number of nitrogens with two attached hydrogens (primary N) is 1. The number of pyridine rings is 1. The molecule has 2 rings (SSSR count). The molecule has 2 aromatic rings. The van der Waals surface area contributed by atoms with E-state index in [9.17, 15) is 0 Å². The molecule has 0 amide bonds. The molecule has 0 unspecified atom stereocenters. The number of rotatable bonds is 3. The summed E-state index contributed by atoms with van der Waals surface area (Å²) < 4.78 is 4.99. The Labute approximate surface area is 105 Å². The van der Waals surface area contributed by atoms with Crippen molar-refractivity contribution < 1.29 is 4.74 Å². The molecule has 7 nitrogen and oxygen atoms in total. The lowest BCUT2D eigenvalue weighted by molar-refractivity contribution is 0.398. The average Bonchev–Trinajstić information content (AvgIpc) is 2.38. The van der Waals surface area contributed by atoms with Crippen molar-refractivity contribution in [2.75, 3.05) is 31.8 Å². The van der Waals surface area contributed by atoms with Crippen molar-refractivity contribution in [3.05, 3.63) is 18.3 Å². The smallest absolute Gasteiger partial charge is 0.230 e. The fourth-order valence-corrected chi connectivity index (χ4v) is 1.34. The number of hydrogen-bond donors (Lipinski definition) is 1. The first-order valence-electron chi connectivity index (χ1n) is 5.29. The van der Waals surface area contributed by atoms with Crippen LogP contribution >= 0.6 is 0 Å².